The smallest absolute Gasteiger partial charge is 0.410 e. The molecule has 4 atom stereocenters. The van der Waals surface area contributed by atoms with Gasteiger partial charge in [-0.15, -0.1) is 0 Å². The Bertz CT molecular complexity index is 1910. The molecular formula is C40H45FN6O5. The third-order valence-corrected chi connectivity index (χ3v) is 10.3. The number of hydrogen-bond acceptors (Lipinski definition) is 6. The molecule has 12 heteroatoms. The molecule has 0 spiro atoms. The third-order valence-electron chi connectivity index (χ3n) is 10.3. The van der Waals surface area contributed by atoms with E-state index in [2.05, 4.69) is 44.5 Å². The lowest BCUT2D eigenvalue weighted by molar-refractivity contribution is -0.119. The van der Waals surface area contributed by atoms with Crippen molar-refractivity contribution < 1.29 is 28.6 Å². The molecular weight excluding hydrogens is 663 g/mol. The van der Waals surface area contributed by atoms with Gasteiger partial charge in [0.1, 0.15) is 23.3 Å². The number of aromatic nitrogens is 2. The van der Waals surface area contributed by atoms with Gasteiger partial charge in [0, 0.05) is 24.5 Å². The van der Waals surface area contributed by atoms with Gasteiger partial charge in [-0.1, -0.05) is 36.4 Å². The van der Waals surface area contributed by atoms with Crippen molar-refractivity contribution >= 4 is 29.5 Å². The van der Waals surface area contributed by atoms with Crippen LogP contribution in [0.15, 0.2) is 79.0 Å². The zero-order chi connectivity index (χ0) is 36.6. The van der Waals surface area contributed by atoms with E-state index in [-0.39, 0.29) is 35.9 Å². The first-order valence-electron chi connectivity index (χ1n) is 18.0. The van der Waals surface area contributed by atoms with Crippen LogP contribution in [0.4, 0.5) is 25.4 Å². The van der Waals surface area contributed by atoms with Crippen molar-refractivity contribution in [2.75, 3.05) is 23.3 Å². The van der Waals surface area contributed by atoms with Crippen LogP contribution < -0.4 is 10.2 Å². The fraction of sp³-hybridized carbons (Fsp3) is 0.400. The Balaban J connectivity index is 1.08. The molecule has 1 aromatic heterocycles. The van der Waals surface area contributed by atoms with Gasteiger partial charge in [0.05, 0.1) is 30.0 Å². The van der Waals surface area contributed by atoms with Crippen molar-refractivity contribution in [2.45, 2.75) is 89.1 Å². The van der Waals surface area contributed by atoms with Crippen molar-refractivity contribution in [3.63, 3.8) is 0 Å². The first-order chi connectivity index (χ1) is 24.9. The van der Waals surface area contributed by atoms with E-state index in [1.807, 2.05) is 63.4 Å². The summed E-state index contributed by atoms with van der Waals surface area (Å²) < 4.78 is 19.7. The zero-order valence-corrected chi connectivity index (χ0v) is 29.7. The van der Waals surface area contributed by atoms with E-state index in [1.54, 1.807) is 4.90 Å². The van der Waals surface area contributed by atoms with E-state index < -0.39 is 17.7 Å². The van der Waals surface area contributed by atoms with Crippen LogP contribution >= 0.6 is 0 Å². The number of hydrogen-bond donors (Lipinski definition) is 3. The molecule has 0 radical (unpaired) electrons. The third kappa shape index (κ3) is 7.33. The summed E-state index contributed by atoms with van der Waals surface area (Å²) in [6.07, 6.45) is 5.02. The molecule has 3 amide bonds. The van der Waals surface area contributed by atoms with E-state index in [0.29, 0.717) is 31.6 Å². The Morgan fingerprint density at radius 2 is 1.44 bits per heavy atom. The number of nitrogens with zero attached hydrogens (tertiary/aromatic N) is 4. The average molecular weight is 709 g/mol. The van der Waals surface area contributed by atoms with Crippen LogP contribution in [-0.4, -0.2) is 67.7 Å². The number of carbonyl (C=O) groups excluding carboxylic acids is 2. The number of anilines is 2. The summed E-state index contributed by atoms with van der Waals surface area (Å²) in [5.41, 5.74) is 4.99. The minimum absolute atomic E-state index is 0.00622. The summed E-state index contributed by atoms with van der Waals surface area (Å²) >= 11 is 0. The molecule has 0 bridgehead atoms. The fourth-order valence-electron chi connectivity index (χ4n) is 7.85. The summed E-state index contributed by atoms with van der Waals surface area (Å²) in [4.78, 5) is 50.7. The molecule has 4 aromatic rings. The van der Waals surface area contributed by atoms with Crippen molar-refractivity contribution in [3.05, 3.63) is 102 Å². The van der Waals surface area contributed by atoms with E-state index in [0.717, 1.165) is 59.6 Å². The number of H-pyrrole nitrogens is 1. The Hall–Kier alpha value is -5.39. The number of amides is 3. The second-order valence-electron chi connectivity index (χ2n) is 14.9. The fourth-order valence-corrected chi connectivity index (χ4v) is 7.85. The zero-order valence-electron chi connectivity index (χ0n) is 29.7. The molecule has 3 aliphatic rings. The molecule has 0 aliphatic carbocycles. The molecule has 4 heterocycles. The second kappa shape index (κ2) is 14.3. The quantitative estimate of drug-likeness (QED) is 0.176. The SMILES string of the molecule is CC(C)(C)OC(=O)N1CCC[C@H]1c1ncc(-c2ccc(C3CCC(c4ccc(NC(=O)C5CCCN5C(=O)O)cc4)N3c3ccc(F)cc3)cc2)[nH]1. The molecule has 11 nitrogen and oxygen atoms in total. The summed E-state index contributed by atoms with van der Waals surface area (Å²) in [6, 6.07) is 21.9. The number of likely N-dealkylation sites (tertiary alicyclic amines) is 2. The van der Waals surface area contributed by atoms with Gasteiger partial charge in [-0.25, -0.2) is 19.0 Å². The largest absolute Gasteiger partial charge is 0.465 e. The van der Waals surface area contributed by atoms with Crippen LogP contribution in [0.25, 0.3) is 11.3 Å². The molecule has 3 N–H and O–H groups in total. The van der Waals surface area contributed by atoms with Crippen LogP contribution in [0.3, 0.4) is 0 Å². The highest BCUT2D eigenvalue weighted by atomic mass is 19.1. The Kier molecular flexibility index (Phi) is 9.65. The summed E-state index contributed by atoms with van der Waals surface area (Å²) in [6.45, 7) is 6.59. The average Bonchev–Trinajstić information content (AvgIpc) is 3.94. The number of carboxylic acid groups (broad SMARTS) is 1. The maximum Gasteiger partial charge on any atom is 0.410 e. The van der Waals surface area contributed by atoms with E-state index in [9.17, 15) is 23.9 Å². The number of imidazole rings is 1. The van der Waals surface area contributed by atoms with E-state index in [4.69, 9.17) is 4.74 Å². The minimum atomic E-state index is -1.08. The van der Waals surface area contributed by atoms with Crippen LogP contribution in [0.2, 0.25) is 0 Å². The maximum atomic E-state index is 14.1. The van der Waals surface area contributed by atoms with Gasteiger partial charge in [0.25, 0.3) is 0 Å². The minimum Gasteiger partial charge on any atom is -0.465 e. The normalized spacial score (nSPS) is 21.8. The molecule has 3 aliphatic heterocycles. The molecule has 52 heavy (non-hydrogen) atoms. The first-order valence-corrected chi connectivity index (χ1v) is 18.0. The van der Waals surface area contributed by atoms with Gasteiger partial charge < -0.3 is 25.0 Å². The predicted molar refractivity (Wildman–Crippen MR) is 195 cm³/mol. The molecule has 272 valence electrons. The standard InChI is InChI=1S/C40H45FN6O5/c1-40(2,3)52-39(51)46-23-4-6-34(46)36-42-24-31(44-36)25-8-10-26(11-9-25)32-20-21-33(47(32)30-18-14-28(41)15-19-30)27-12-16-29(17-13-27)43-37(48)35-7-5-22-45(35)38(49)50/h8-19,24,32-35H,4-7,20-23H2,1-3H3,(H,42,44)(H,43,48)(H,49,50)/t32?,33?,34-,35?/m0/s1. The van der Waals surface area contributed by atoms with Gasteiger partial charge in [-0.3, -0.25) is 14.6 Å². The predicted octanol–water partition coefficient (Wildman–Crippen LogP) is 8.45. The van der Waals surface area contributed by atoms with Gasteiger partial charge in [0.2, 0.25) is 5.91 Å². The van der Waals surface area contributed by atoms with Gasteiger partial charge in [-0.2, -0.15) is 0 Å². The number of halogens is 1. The Labute approximate surface area is 302 Å². The molecule has 3 aromatic carbocycles. The van der Waals surface area contributed by atoms with Crippen LogP contribution in [0.5, 0.6) is 0 Å². The summed E-state index contributed by atoms with van der Waals surface area (Å²) in [5, 5.41) is 12.3. The lowest BCUT2D eigenvalue weighted by atomic mass is 10.0. The molecule has 7 rings (SSSR count). The highest BCUT2D eigenvalue weighted by Gasteiger charge is 2.37. The van der Waals surface area contributed by atoms with E-state index >= 15 is 0 Å². The second-order valence-corrected chi connectivity index (χ2v) is 14.9. The van der Waals surface area contributed by atoms with Crippen LogP contribution in [0.1, 0.15) is 94.4 Å². The Morgan fingerprint density at radius 1 is 0.827 bits per heavy atom. The van der Waals surface area contributed by atoms with Gasteiger partial charge in [0.15, 0.2) is 0 Å². The van der Waals surface area contributed by atoms with Gasteiger partial charge in [-0.05, 0) is 112 Å². The molecule has 3 unspecified atom stereocenters. The summed E-state index contributed by atoms with van der Waals surface area (Å²) in [5.74, 6) is 0.127. The lowest BCUT2D eigenvalue weighted by Crippen LogP contribution is -2.42. The number of carbonyl (C=O) groups is 3. The molecule has 0 saturated carbocycles. The van der Waals surface area contributed by atoms with E-state index in [1.165, 1.54) is 17.0 Å². The highest BCUT2D eigenvalue weighted by molar-refractivity contribution is 5.96. The topological polar surface area (TPSA) is 131 Å². The Morgan fingerprint density at radius 3 is 2.08 bits per heavy atom. The number of aromatic amines is 1. The van der Waals surface area contributed by atoms with Crippen LogP contribution in [-0.2, 0) is 9.53 Å². The first kappa shape index (κ1) is 35.0. The monoisotopic (exact) mass is 708 g/mol. The van der Waals surface area contributed by atoms with Crippen molar-refractivity contribution in [1.29, 1.82) is 0 Å². The molecule has 3 saturated heterocycles. The van der Waals surface area contributed by atoms with Crippen molar-refractivity contribution in [3.8, 4) is 11.3 Å². The number of benzene rings is 3. The van der Waals surface area contributed by atoms with Crippen LogP contribution in [0, 0.1) is 5.82 Å². The maximum absolute atomic E-state index is 14.1. The number of rotatable bonds is 7. The van der Waals surface area contributed by atoms with Crippen molar-refractivity contribution in [2.24, 2.45) is 0 Å². The van der Waals surface area contributed by atoms with Crippen molar-refractivity contribution in [1.82, 2.24) is 19.8 Å². The highest BCUT2D eigenvalue weighted by Crippen LogP contribution is 2.47. The number of ether oxygens (including phenoxy) is 1. The molecule has 3 fully saturated rings. The number of nitrogens with one attached hydrogen (secondary N) is 2. The van der Waals surface area contributed by atoms with Gasteiger partial charge >= 0.3 is 12.2 Å². The summed E-state index contributed by atoms with van der Waals surface area (Å²) in [7, 11) is 0. The lowest BCUT2D eigenvalue weighted by Gasteiger charge is -2.33.